The first-order chi connectivity index (χ1) is 14.3. The quantitative estimate of drug-likeness (QED) is 0.686. The zero-order valence-corrected chi connectivity index (χ0v) is 18.6. The molecular formula is C25H30O4S. The van der Waals surface area contributed by atoms with Crippen LogP contribution in [0, 0.1) is 22.7 Å². The summed E-state index contributed by atoms with van der Waals surface area (Å²) < 4.78 is 20.1. The smallest absolute Gasteiger partial charge is 0.189 e. The summed E-state index contributed by atoms with van der Waals surface area (Å²) in [6.45, 7) is 4.36. The van der Waals surface area contributed by atoms with Gasteiger partial charge in [0.25, 0.3) is 0 Å². The minimum Gasteiger partial charge on any atom is -0.299 e. The lowest BCUT2D eigenvalue weighted by molar-refractivity contribution is -0.170. The van der Waals surface area contributed by atoms with Crippen molar-refractivity contribution in [2.24, 2.45) is 22.7 Å². The first-order valence-electron chi connectivity index (χ1n) is 11.2. The van der Waals surface area contributed by atoms with Gasteiger partial charge in [0.05, 0.1) is 10.5 Å². The molecule has 0 aliphatic heterocycles. The van der Waals surface area contributed by atoms with Crippen molar-refractivity contribution in [1.29, 1.82) is 0 Å². The fourth-order valence-electron chi connectivity index (χ4n) is 7.15. The molecule has 0 radical (unpaired) electrons. The predicted molar refractivity (Wildman–Crippen MR) is 115 cm³/mol. The Morgan fingerprint density at radius 2 is 1.67 bits per heavy atom. The van der Waals surface area contributed by atoms with Gasteiger partial charge in [-0.1, -0.05) is 37.6 Å². The third kappa shape index (κ3) is 2.70. The van der Waals surface area contributed by atoms with E-state index < -0.39 is 16.7 Å². The van der Waals surface area contributed by atoms with Gasteiger partial charge in [-0.3, -0.25) is 13.8 Å². The molecule has 5 heteroatoms. The summed E-state index contributed by atoms with van der Waals surface area (Å²) in [4.78, 5) is 25.7. The molecule has 3 fully saturated rings. The van der Waals surface area contributed by atoms with Crippen LogP contribution < -0.4 is 0 Å². The number of fused-ring (bicyclic) bond motifs is 5. The molecule has 0 saturated heterocycles. The molecule has 3 saturated carbocycles. The lowest BCUT2D eigenvalue weighted by Crippen LogP contribution is -2.64. The Morgan fingerprint density at radius 1 is 0.933 bits per heavy atom. The van der Waals surface area contributed by atoms with E-state index in [-0.39, 0.29) is 28.4 Å². The zero-order valence-electron chi connectivity index (χ0n) is 17.8. The molecule has 0 N–H and O–H groups in total. The monoisotopic (exact) mass is 426 g/mol. The Bertz CT molecular complexity index is 953. The van der Waals surface area contributed by atoms with Crippen LogP contribution in [0.3, 0.4) is 0 Å². The molecule has 4 aliphatic carbocycles. The molecule has 4 aliphatic rings. The number of Topliss-reactive ketones (excluding diaryl/α,β-unsaturated/α-hetero) is 1. The number of hydrogen-bond acceptors (Lipinski definition) is 4. The average molecular weight is 427 g/mol. The van der Waals surface area contributed by atoms with E-state index in [1.807, 2.05) is 36.4 Å². The van der Waals surface area contributed by atoms with Crippen LogP contribution in [0.5, 0.6) is 0 Å². The van der Waals surface area contributed by atoms with Gasteiger partial charge in [0.2, 0.25) is 0 Å². The highest BCUT2D eigenvalue weighted by atomic mass is 32.2. The lowest BCUT2D eigenvalue weighted by Gasteiger charge is -2.63. The summed E-state index contributed by atoms with van der Waals surface area (Å²) in [6.07, 6.45) is 7.89. The van der Waals surface area contributed by atoms with E-state index in [0.717, 1.165) is 44.1 Å². The highest BCUT2D eigenvalue weighted by Crippen LogP contribution is 2.67. The second-order valence-electron chi connectivity index (χ2n) is 10.1. The molecule has 30 heavy (non-hydrogen) atoms. The minimum atomic E-state index is -1.59. The van der Waals surface area contributed by atoms with Crippen LogP contribution in [0.4, 0.5) is 0 Å². The van der Waals surface area contributed by atoms with Crippen LogP contribution >= 0.6 is 0 Å². The number of carbonyl (C=O) groups is 2. The highest BCUT2D eigenvalue weighted by molar-refractivity contribution is 7.80. The first-order valence-corrected chi connectivity index (χ1v) is 12.3. The van der Waals surface area contributed by atoms with Gasteiger partial charge in [0.15, 0.2) is 16.9 Å². The van der Waals surface area contributed by atoms with Crippen LogP contribution in [0.2, 0.25) is 0 Å². The number of rotatable bonds is 3. The Kier molecular flexibility index (Phi) is 4.71. The van der Waals surface area contributed by atoms with Gasteiger partial charge < -0.3 is 0 Å². The van der Waals surface area contributed by atoms with Crippen molar-refractivity contribution in [3.63, 3.8) is 0 Å². The average Bonchev–Trinajstić information content (AvgIpc) is 3.04. The van der Waals surface area contributed by atoms with E-state index >= 15 is 0 Å². The molecule has 4 nitrogen and oxygen atoms in total. The summed E-state index contributed by atoms with van der Waals surface area (Å²) in [6, 6.07) is 9.37. The second kappa shape index (κ2) is 6.96. The summed E-state index contributed by atoms with van der Waals surface area (Å²) in [5.41, 5.74) is -0.0458. The maximum atomic E-state index is 13.4. The van der Waals surface area contributed by atoms with E-state index in [2.05, 4.69) is 13.8 Å². The van der Waals surface area contributed by atoms with Crippen molar-refractivity contribution in [3.05, 3.63) is 42.0 Å². The van der Waals surface area contributed by atoms with Gasteiger partial charge in [-0.15, -0.1) is 0 Å². The second-order valence-corrected chi connectivity index (χ2v) is 11.2. The molecule has 0 spiro atoms. The van der Waals surface area contributed by atoms with Crippen molar-refractivity contribution >= 4 is 22.6 Å². The fraction of sp³-hybridized carbons (Fsp3) is 0.600. The van der Waals surface area contributed by atoms with Gasteiger partial charge in [-0.05, 0) is 68.6 Å². The Morgan fingerprint density at radius 3 is 2.43 bits per heavy atom. The molecule has 1 aromatic rings. The van der Waals surface area contributed by atoms with E-state index in [0.29, 0.717) is 23.5 Å². The van der Waals surface area contributed by atoms with E-state index in [9.17, 15) is 13.8 Å². The fourth-order valence-corrected chi connectivity index (χ4v) is 8.29. The van der Waals surface area contributed by atoms with Crippen LogP contribution in [0.1, 0.15) is 65.2 Å². The van der Waals surface area contributed by atoms with Crippen molar-refractivity contribution in [1.82, 2.24) is 0 Å². The molecule has 1 unspecified atom stereocenters. The largest absolute Gasteiger partial charge is 0.299 e. The van der Waals surface area contributed by atoms with E-state index in [1.165, 1.54) is 0 Å². The van der Waals surface area contributed by atoms with Gasteiger partial charge >= 0.3 is 0 Å². The third-order valence-corrected chi connectivity index (χ3v) is 10.1. The van der Waals surface area contributed by atoms with Crippen molar-refractivity contribution in [3.8, 4) is 0 Å². The van der Waals surface area contributed by atoms with Crippen molar-refractivity contribution in [2.45, 2.75) is 75.7 Å². The molecule has 0 heterocycles. The van der Waals surface area contributed by atoms with Gasteiger partial charge in [-0.2, -0.15) is 0 Å². The molecule has 5 rings (SSSR count). The van der Waals surface area contributed by atoms with Crippen molar-refractivity contribution < 1.29 is 18.0 Å². The zero-order chi connectivity index (χ0) is 21.1. The van der Waals surface area contributed by atoms with Crippen LogP contribution in [-0.4, -0.2) is 21.4 Å². The van der Waals surface area contributed by atoms with Gasteiger partial charge in [0.1, 0.15) is 5.78 Å². The predicted octanol–water partition coefficient (Wildman–Crippen LogP) is 4.95. The maximum Gasteiger partial charge on any atom is 0.189 e. The Labute approximate surface area is 181 Å². The van der Waals surface area contributed by atoms with Crippen LogP contribution in [0.25, 0.3) is 0 Å². The van der Waals surface area contributed by atoms with Gasteiger partial charge in [0, 0.05) is 23.7 Å². The van der Waals surface area contributed by atoms with Crippen LogP contribution in [0.15, 0.2) is 46.9 Å². The molecular weight excluding hydrogens is 396 g/mol. The Hall–Kier alpha value is -1.59. The molecule has 0 amide bonds. The standard InChI is InChI=1S/C25H30O4S/c1-23-14-15-25(29-30(28)19-6-4-3-5-7-19)21(20(23)10-11-22(23)27)9-8-17-16-18(26)12-13-24(17,25)2/h3-7,16,20-21H,8-15H2,1-2H3/t20-,21-,23-,24-,25+,30?/m0/s1. The van der Waals surface area contributed by atoms with E-state index in [4.69, 9.17) is 4.18 Å². The lowest BCUT2D eigenvalue weighted by atomic mass is 9.45. The SMILES string of the molecule is C[C@]12CCC(=O)C=C1CC[C@H]1[C@@H]3CCC(=O)[C@@]3(C)CC[C@@]12OS(=O)c1ccccc1. The summed E-state index contributed by atoms with van der Waals surface area (Å²) in [7, 11) is 0. The topological polar surface area (TPSA) is 60.4 Å². The molecule has 0 bridgehead atoms. The summed E-state index contributed by atoms with van der Waals surface area (Å²) in [5.74, 6) is 1.03. The van der Waals surface area contributed by atoms with Gasteiger partial charge in [-0.25, -0.2) is 4.21 Å². The van der Waals surface area contributed by atoms with Crippen molar-refractivity contribution in [2.75, 3.05) is 0 Å². The normalized spacial score (nSPS) is 41.5. The molecule has 0 aromatic heterocycles. The highest BCUT2D eigenvalue weighted by Gasteiger charge is 2.67. The third-order valence-electron chi connectivity index (χ3n) is 8.97. The summed E-state index contributed by atoms with van der Waals surface area (Å²) in [5, 5.41) is 0. The van der Waals surface area contributed by atoms with E-state index in [1.54, 1.807) is 0 Å². The maximum absolute atomic E-state index is 13.4. The minimum absolute atomic E-state index is 0.186. The number of ketones is 2. The Balaban J connectivity index is 1.61. The first kappa shape index (κ1) is 20.3. The van der Waals surface area contributed by atoms with Crippen LogP contribution in [-0.2, 0) is 24.9 Å². The number of hydrogen-bond donors (Lipinski definition) is 0. The number of carbonyl (C=O) groups excluding carboxylic acids is 2. The number of benzene rings is 1. The summed E-state index contributed by atoms with van der Waals surface area (Å²) >= 11 is -1.59. The molecule has 160 valence electrons. The molecule has 1 aromatic carbocycles. The molecule has 6 atom stereocenters.